The normalized spacial score (nSPS) is 22.5. The summed E-state index contributed by atoms with van der Waals surface area (Å²) in [5.74, 6) is -0.732. The Morgan fingerprint density at radius 2 is 1.75 bits per heavy atom. The molecule has 2 bridgehead atoms. The van der Waals surface area contributed by atoms with Crippen molar-refractivity contribution in [2.24, 2.45) is 0 Å². The van der Waals surface area contributed by atoms with Crippen molar-refractivity contribution in [3.63, 3.8) is 0 Å². The summed E-state index contributed by atoms with van der Waals surface area (Å²) in [5, 5.41) is 9.22. The second-order valence-corrected chi connectivity index (χ2v) is 22.4. The fourth-order valence-electron chi connectivity index (χ4n) is 12.5. The molecule has 3 unspecified atom stereocenters. The predicted octanol–water partition coefficient (Wildman–Crippen LogP) is 6.68. The average Bonchev–Trinajstić information content (AvgIpc) is 4.35. The van der Waals surface area contributed by atoms with E-state index in [1.54, 1.807) is 23.1 Å². The molecule has 81 heavy (non-hydrogen) atoms. The van der Waals surface area contributed by atoms with Crippen molar-refractivity contribution in [2.75, 3.05) is 70.1 Å². The summed E-state index contributed by atoms with van der Waals surface area (Å²) in [6.45, 7) is 7.70. The van der Waals surface area contributed by atoms with Crippen LogP contribution in [0.5, 0.6) is 11.8 Å². The zero-order chi connectivity index (χ0) is 56.9. The number of rotatable bonds is 16. The Balaban J connectivity index is 0.780. The van der Waals surface area contributed by atoms with E-state index in [0.717, 1.165) is 43.5 Å². The van der Waals surface area contributed by atoms with Crippen molar-refractivity contribution < 1.29 is 61.2 Å². The standard InChI is InChI=1S/C58H62F2N10O11/c1-6-37-41(59)15-12-32-24-36(80-31-77-5)25-39(45(32)37)48-47(60)49-40(26-63-48)50(67-27-33-13-14-34(28-67)69(33)56(76)81-57(2,3)4)66-54(65-49)79-30-58-19-8-23-68(58)35(18-20-58)29-78-55(75)62-22-9-21-61-42-11-7-10-38-46(42)53(74)70(52(38)73)43-16-17-44(71)64-51(43)72/h1,7,10-12,15,24-26,33-35,43,61H,8-9,13-14,16-23,27-31H2,2-5H3,(H,62,75)(H,64,71,72)/t33?,34?,35-,43?,58-/m0/s1. The van der Waals surface area contributed by atoms with E-state index in [0.29, 0.717) is 60.5 Å². The van der Waals surface area contributed by atoms with Gasteiger partial charge in [0.05, 0.1) is 39.7 Å². The first-order valence-electron chi connectivity index (χ1n) is 27.3. The number of piperidine rings is 1. The van der Waals surface area contributed by atoms with Crippen molar-refractivity contribution in [3.8, 4) is 35.4 Å². The lowest BCUT2D eigenvalue weighted by molar-refractivity contribution is -0.136. The molecule has 6 aliphatic rings. The van der Waals surface area contributed by atoms with Crippen LogP contribution in [0.4, 0.5) is 29.9 Å². The van der Waals surface area contributed by atoms with Crippen LogP contribution in [-0.2, 0) is 23.8 Å². The lowest BCUT2D eigenvalue weighted by atomic mass is 9.95. The molecule has 3 N–H and O–H groups in total. The molecule has 5 fully saturated rings. The molecule has 6 aliphatic heterocycles. The fourth-order valence-corrected chi connectivity index (χ4v) is 12.5. The van der Waals surface area contributed by atoms with E-state index in [9.17, 15) is 28.8 Å². The van der Waals surface area contributed by atoms with Crippen molar-refractivity contribution in [1.29, 1.82) is 0 Å². The van der Waals surface area contributed by atoms with Crippen molar-refractivity contribution in [3.05, 3.63) is 77.0 Å². The molecule has 5 saturated heterocycles. The number of halogens is 2. The quantitative estimate of drug-likeness (QED) is 0.0404. The highest BCUT2D eigenvalue weighted by Crippen LogP contribution is 2.45. The monoisotopic (exact) mass is 1110 g/mol. The first kappa shape index (κ1) is 54.7. The Labute approximate surface area is 465 Å². The van der Waals surface area contributed by atoms with Gasteiger partial charge in [-0.15, -0.1) is 6.42 Å². The summed E-state index contributed by atoms with van der Waals surface area (Å²) in [5.41, 5.74) is -0.582. The van der Waals surface area contributed by atoms with Crippen LogP contribution in [-0.4, -0.2) is 161 Å². The van der Waals surface area contributed by atoms with Gasteiger partial charge in [-0.2, -0.15) is 9.97 Å². The van der Waals surface area contributed by atoms with Gasteiger partial charge in [-0.1, -0.05) is 18.1 Å². The number of aromatic nitrogens is 3. The number of pyridine rings is 1. The number of fused-ring (bicyclic) bond motifs is 6. The van der Waals surface area contributed by atoms with Gasteiger partial charge in [0.1, 0.15) is 53.5 Å². The van der Waals surface area contributed by atoms with Crippen LogP contribution in [0.15, 0.2) is 48.7 Å². The SMILES string of the molecule is C#Cc1c(F)ccc2cc(OCOC)cc(-c3ncc4c(N5CC6CCC(C5)N6C(=O)OC(C)(C)C)nc(OC[C@@]56CCCN5[C@H](COC(=O)NCCCNc5cccc7c5C(=O)N(C5CCC(=O)NC5=O)C7=O)CC6)nc4c3F)c12. The van der Waals surface area contributed by atoms with Gasteiger partial charge in [0.2, 0.25) is 11.8 Å². The lowest BCUT2D eigenvalue weighted by Crippen LogP contribution is -2.57. The third-order valence-electron chi connectivity index (χ3n) is 16.1. The van der Waals surface area contributed by atoms with Crippen LogP contribution in [0.25, 0.3) is 32.9 Å². The molecule has 6 amide bonds. The maximum Gasteiger partial charge on any atom is 0.410 e. The zero-order valence-corrected chi connectivity index (χ0v) is 45.4. The number of hydrogen-bond acceptors (Lipinski definition) is 17. The molecule has 0 spiro atoms. The highest BCUT2D eigenvalue weighted by atomic mass is 19.1. The summed E-state index contributed by atoms with van der Waals surface area (Å²) in [6, 6.07) is 9.11. The number of methoxy groups -OCH3 is 1. The minimum atomic E-state index is -1.08. The molecule has 0 aliphatic carbocycles. The topological polar surface area (TPSA) is 236 Å². The number of carbonyl (C=O) groups excluding carboxylic acids is 6. The van der Waals surface area contributed by atoms with Crippen LogP contribution in [0.3, 0.4) is 0 Å². The highest BCUT2D eigenvalue weighted by molar-refractivity contribution is 6.25. The van der Waals surface area contributed by atoms with Gasteiger partial charge < -0.3 is 39.2 Å². The van der Waals surface area contributed by atoms with E-state index >= 15 is 8.78 Å². The summed E-state index contributed by atoms with van der Waals surface area (Å²) < 4.78 is 62.2. The molecule has 5 aromatic rings. The van der Waals surface area contributed by atoms with E-state index < -0.39 is 64.6 Å². The summed E-state index contributed by atoms with van der Waals surface area (Å²) in [7, 11) is 1.47. The molecule has 5 atom stereocenters. The van der Waals surface area contributed by atoms with Crippen LogP contribution >= 0.6 is 0 Å². The van der Waals surface area contributed by atoms with E-state index in [1.807, 2.05) is 25.7 Å². The molecular weight excluding hydrogens is 1050 g/mol. The van der Waals surface area contributed by atoms with E-state index in [2.05, 4.69) is 31.8 Å². The molecule has 3 aromatic carbocycles. The number of nitrogens with zero attached hydrogens (tertiary/aromatic N) is 7. The smallest absolute Gasteiger partial charge is 0.410 e. The van der Waals surface area contributed by atoms with Gasteiger partial charge >= 0.3 is 18.2 Å². The number of terminal acetylenes is 1. The molecule has 21 nitrogen and oxygen atoms in total. The molecule has 424 valence electrons. The number of imide groups is 2. The summed E-state index contributed by atoms with van der Waals surface area (Å²) in [6.07, 6.45) is 11.4. The minimum Gasteiger partial charge on any atom is -0.468 e. The predicted molar refractivity (Wildman–Crippen MR) is 290 cm³/mol. The summed E-state index contributed by atoms with van der Waals surface area (Å²) >= 11 is 0. The first-order valence-corrected chi connectivity index (χ1v) is 27.3. The van der Waals surface area contributed by atoms with Gasteiger partial charge in [0, 0.05) is 68.6 Å². The van der Waals surface area contributed by atoms with Crippen LogP contribution in [0, 0.1) is 24.0 Å². The van der Waals surface area contributed by atoms with Crippen molar-refractivity contribution in [1.82, 2.24) is 40.3 Å². The van der Waals surface area contributed by atoms with E-state index in [4.69, 9.17) is 40.1 Å². The van der Waals surface area contributed by atoms with Gasteiger partial charge in [-0.25, -0.2) is 18.4 Å². The molecule has 0 saturated carbocycles. The number of nitrogens with one attached hydrogen (secondary N) is 3. The number of piperazine rings is 1. The molecule has 23 heteroatoms. The molecule has 0 radical (unpaired) electrons. The number of alkyl carbamates (subject to hydrolysis) is 1. The third-order valence-corrected chi connectivity index (χ3v) is 16.1. The minimum absolute atomic E-state index is 0.0156. The van der Waals surface area contributed by atoms with Gasteiger partial charge in [0.25, 0.3) is 11.8 Å². The second-order valence-electron chi connectivity index (χ2n) is 22.4. The van der Waals surface area contributed by atoms with Gasteiger partial charge in [0.15, 0.2) is 12.6 Å². The Morgan fingerprint density at radius 1 is 0.951 bits per heavy atom. The molecule has 11 rings (SSSR count). The van der Waals surface area contributed by atoms with Crippen LogP contribution in [0.1, 0.15) is 105 Å². The first-order chi connectivity index (χ1) is 38.9. The average molecular weight is 1110 g/mol. The fraction of sp³-hybridized carbons (Fsp3) is 0.466. The Morgan fingerprint density at radius 3 is 2.51 bits per heavy atom. The highest BCUT2D eigenvalue weighted by Gasteiger charge is 2.51. The Bertz CT molecular complexity index is 3430. The van der Waals surface area contributed by atoms with Crippen molar-refractivity contribution >= 4 is 69.0 Å². The number of hydrogen-bond donors (Lipinski definition) is 3. The van der Waals surface area contributed by atoms with Crippen LogP contribution in [0.2, 0.25) is 0 Å². The number of anilines is 2. The molecular formula is C58H62F2N10O11. The Hall–Kier alpha value is -8.23. The van der Waals surface area contributed by atoms with Crippen molar-refractivity contribution in [2.45, 2.75) is 114 Å². The van der Waals surface area contributed by atoms with E-state index in [-0.39, 0.29) is 102 Å². The summed E-state index contributed by atoms with van der Waals surface area (Å²) in [4.78, 5) is 99.0. The third kappa shape index (κ3) is 10.5. The lowest BCUT2D eigenvalue weighted by Gasteiger charge is -2.42. The van der Waals surface area contributed by atoms with Gasteiger partial charge in [-0.05, 0) is 114 Å². The Kier molecular flexibility index (Phi) is 14.9. The maximum atomic E-state index is 17.7. The molecule has 8 heterocycles. The second kappa shape index (κ2) is 22.0. The van der Waals surface area contributed by atoms with Crippen LogP contribution < -0.4 is 30.3 Å². The number of carbonyl (C=O) groups is 6. The number of ether oxygens (including phenoxy) is 5. The van der Waals surface area contributed by atoms with Gasteiger partial charge in [-0.3, -0.25) is 44.2 Å². The number of amides is 6. The maximum absolute atomic E-state index is 17.7. The van der Waals surface area contributed by atoms with E-state index in [1.165, 1.54) is 37.6 Å². The molecule has 2 aromatic heterocycles. The number of benzene rings is 3. The largest absolute Gasteiger partial charge is 0.468 e. The zero-order valence-electron chi connectivity index (χ0n) is 45.4.